The quantitative estimate of drug-likeness (QED) is 0.273. The number of rotatable bonds is 4. The van der Waals surface area contributed by atoms with Crippen LogP contribution in [0.1, 0.15) is 18.4 Å². The van der Waals surface area contributed by atoms with Crippen molar-refractivity contribution in [2.45, 2.75) is 18.6 Å². The molecule has 0 radical (unpaired) electrons. The molecule has 8 nitrogen and oxygen atoms in total. The Morgan fingerprint density at radius 2 is 2.00 bits per heavy atom. The number of nitro benzene ring substituents is 1. The van der Waals surface area contributed by atoms with Crippen molar-refractivity contribution in [3.8, 4) is 0 Å². The number of carbonyl (C=O) groups excluding carboxylic acids is 1. The van der Waals surface area contributed by atoms with Gasteiger partial charge in [0.15, 0.2) is 0 Å². The molecule has 1 saturated heterocycles. The number of hydrogen-bond donors (Lipinski definition) is 0. The summed E-state index contributed by atoms with van der Waals surface area (Å²) >= 11 is 0. The molecule has 0 amide bonds. The van der Waals surface area contributed by atoms with Gasteiger partial charge in [0.05, 0.1) is 18.1 Å². The van der Waals surface area contributed by atoms with E-state index in [1.165, 1.54) is 19.1 Å². The molecule has 2 rings (SSSR count). The summed E-state index contributed by atoms with van der Waals surface area (Å²) in [7, 11) is 0. The minimum absolute atomic E-state index is 0.00979. The van der Waals surface area contributed by atoms with Crippen molar-refractivity contribution in [1.82, 2.24) is 0 Å². The zero-order valence-corrected chi connectivity index (χ0v) is 11.3. The number of ether oxygens (including phenoxy) is 2. The standard InChI is InChI=1S/C13H13N3O5/c1-13(12(17)6-15-14)20-7-10(8-21-13)9-2-4-11(5-3-9)16(18)19/h2-6,10H,7-8H2,1H3. The van der Waals surface area contributed by atoms with E-state index in [1.807, 2.05) is 0 Å². The van der Waals surface area contributed by atoms with Crippen LogP contribution in [0.25, 0.3) is 5.53 Å². The van der Waals surface area contributed by atoms with Gasteiger partial charge in [0.2, 0.25) is 5.79 Å². The van der Waals surface area contributed by atoms with Gasteiger partial charge in [0.25, 0.3) is 11.5 Å². The van der Waals surface area contributed by atoms with Crippen molar-refractivity contribution < 1.29 is 24.0 Å². The molecule has 1 aromatic rings. The summed E-state index contributed by atoms with van der Waals surface area (Å²) in [6.07, 6.45) is 0.728. The maximum absolute atomic E-state index is 11.6. The second-order valence-electron chi connectivity index (χ2n) is 4.72. The van der Waals surface area contributed by atoms with E-state index in [-0.39, 0.29) is 24.8 Å². The fourth-order valence-corrected chi connectivity index (χ4v) is 1.98. The first-order chi connectivity index (χ1) is 9.96. The molecule has 1 aromatic carbocycles. The van der Waals surface area contributed by atoms with E-state index < -0.39 is 16.5 Å². The van der Waals surface area contributed by atoms with E-state index in [9.17, 15) is 14.9 Å². The normalized spacial score (nSPS) is 24.9. The highest BCUT2D eigenvalue weighted by Gasteiger charge is 2.41. The van der Waals surface area contributed by atoms with Crippen LogP contribution in [0.5, 0.6) is 0 Å². The fraction of sp³-hybridized carbons (Fsp3) is 0.385. The highest BCUT2D eigenvalue weighted by Crippen LogP contribution is 2.29. The molecule has 1 aliphatic heterocycles. The van der Waals surface area contributed by atoms with E-state index >= 15 is 0 Å². The predicted molar refractivity (Wildman–Crippen MR) is 70.8 cm³/mol. The molecule has 0 spiro atoms. The lowest BCUT2D eigenvalue weighted by Gasteiger charge is -2.34. The molecule has 0 bridgehead atoms. The van der Waals surface area contributed by atoms with Gasteiger partial charge in [-0.1, -0.05) is 12.1 Å². The molecular formula is C13H13N3O5. The summed E-state index contributed by atoms with van der Waals surface area (Å²) in [5, 5.41) is 10.6. The molecule has 1 fully saturated rings. The van der Waals surface area contributed by atoms with Crippen LogP contribution in [0.15, 0.2) is 24.3 Å². The third-order valence-electron chi connectivity index (χ3n) is 3.32. The van der Waals surface area contributed by atoms with Gasteiger partial charge in [-0.25, -0.2) is 0 Å². The van der Waals surface area contributed by atoms with Gasteiger partial charge in [0.1, 0.15) is 0 Å². The number of nitrogens with zero attached hydrogens (tertiary/aromatic N) is 3. The SMILES string of the molecule is CC1(C(=O)C=[N+]=[N-])OCC(c2ccc([N+](=O)[O-])cc2)CO1. The Bertz CT molecular complexity index is 599. The summed E-state index contributed by atoms with van der Waals surface area (Å²) in [5.41, 5.74) is 9.20. The Balaban J connectivity index is 2.05. The van der Waals surface area contributed by atoms with Crippen LogP contribution < -0.4 is 0 Å². The van der Waals surface area contributed by atoms with Gasteiger partial charge < -0.3 is 15.0 Å². The van der Waals surface area contributed by atoms with Crippen LogP contribution in [0.3, 0.4) is 0 Å². The molecule has 0 unspecified atom stereocenters. The Hall–Kier alpha value is -2.41. The van der Waals surface area contributed by atoms with E-state index in [1.54, 1.807) is 12.1 Å². The van der Waals surface area contributed by atoms with E-state index in [0.717, 1.165) is 11.8 Å². The molecule has 21 heavy (non-hydrogen) atoms. The molecule has 0 N–H and O–H groups in total. The second kappa shape index (κ2) is 5.92. The third-order valence-corrected chi connectivity index (χ3v) is 3.32. The van der Waals surface area contributed by atoms with Gasteiger partial charge in [-0.15, -0.1) is 0 Å². The van der Waals surface area contributed by atoms with Crippen LogP contribution in [-0.4, -0.2) is 40.7 Å². The van der Waals surface area contributed by atoms with Crippen LogP contribution >= 0.6 is 0 Å². The summed E-state index contributed by atoms with van der Waals surface area (Å²) in [6.45, 7) is 1.89. The number of hydrogen-bond acceptors (Lipinski definition) is 5. The van der Waals surface area contributed by atoms with Gasteiger partial charge in [-0.2, -0.15) is 4.79 Å². The van der Waals surface area contributed by atoms with Crippen molar-refractivity contribution >= 4 is 17.7 Å². The van der Waals surface area contributed by atoms with Crippen LogP contribution in [0, 0.1) is 10.1 Å². The average molecular weight is 291 g/mol. The van der Waals surface area contributed by atoms with Gasteiger partial charge in [0, 0.05) is 18.1 Å². The number of benzene rings is 1. The lowest BCUT2D eigenvalue weighted by atomic mass is 9.99. The summed E-state index contributed by atoms with van der Waals surface area (Å²) in [5.74, 6) is -2.19. The molecule has 0 aromatic heterocycles. The minimum atomic E-state index is -1.47. The maximum Gasteiger partial charge on any atom is 0.328 e. The lowest BCUT2D eigenvalue weighted by molar-refractivity contribution is -0.384. The fourth-order valence-electron chi connectivity index (χ4n) is 1.98. The minimum Gasteiger partial charge on any atom is -0.361 e. The van der Waals surface area contributed by atoms with Crippen LogP contribution in [0.2, 0.25) is 0 Å². The summed E-state index contributed by atoms with van der Waals surface area (Å²) in [6, 6.07) is 6.09. The van der Waals surface area contributed by atoms with Crippen molar-refractivity contribution in [2.75, 3.05) is 13.2 Å². The van der Waals surface area contributed by atoms with E-state index in [0.29, 0.717) is 0 Å². The highest BCUT2D eigenvalue weighted by atomic mass is 16.7. The van der Waals surface area contributed by atoms with Crippen molar-refractivity contribution in [3.63, 3.8) is 0 Å². The molecule has 0 saturated carbocycles. The third kappa shape index (κ3) is 3.19. The Morgan fingerprint density at radius 3 is 2.48 bits per heavy atom. The zero-order chi connectivity index (χ0) is 15.5. The average Bonchev–Trinajstić information content (AvgIpc) is 2.48. The molecule has 0 atom stereocenters. The number of nitro groups is 1. The first-order valence-electron chi connectivity index (χ1n) is 6.20. The highest BCUT2D eigenvalue weighted by molar-refractivity contribution is 6.28. The van der Waals surface area contributed by atoms with E-state index in [4.69, 9.17) is 15.0 Å². The monoisotopic (exact) mass is 291 g/mol. The van der Waals surface area contributed by atoms with Crippen LogP contribution in [0.4, 0.5) is 5.69 Å². The van der Waals surface area contributed by atoms with E-state index in [2.05, 4.69) is 4.79 Å². The maximum atomic E-state index is 11.6. The van der Waals surface area contributed by atoms with Crippen LogP contribution in [-0.2, 0) is 14.3 Å². The molecule has 8 heteroatoms. The largest absolute Gasteiger partial charge is 0.361 e. The summed E-state index contributed by atoms with van der Waals surface area (Å²) in [4.78, 5) is 24.4. The first kappa shape index (κ1) is 15.0. The molecule has 110 valence electrons. The Morgan fingerprint density at radius 1 is 1.43 bits per heavy atom. The molecular weight excluding hydrogens is 278 g/mol. The molecule has 1 heterocycles. The van der Waals surface area contributed by atoms with Gasteiger partial charge in [-0.3, -0.25) is 14.9 Å². The molecule has 1 aliphatic rings. The van der Waals surface area contributed by atoms with Gasteiger partial charge in [-0.05, 0) is 12.5 Å². The topological polar surface area (TPSA) is 115 Å². The van der Waals surface area contributed by atoms with Gasteiger partial charge >= 0.3 is 6.21 Å². The Labute approximate surface area is 120 Å². The summed E-state index contributed by atoms with van der Waals surface area (Å²) < 4.78 is 10.8. The Kier molecular flexibility index (Phi) is 4.23. The second-order valence-corrected chi connectivity index (χ2v) is 4.72. The zero-order valence-electron chi connectivity index (χ0n) is 11.3. The number of ketones is 1. The first-order valence-corrected chi connectivity index (χ1v) is 6.20. The lowest BCUT2D eigenvalue weighted by Crippen LogP contribution is -2.48. The molecule has 0 aliphatic carbocycles. The number of non-ortho nitro benzene ring substituents is 1. The smallest absolute Gasteiger partial charge is 0.328 e. The number of Topliss-reactive ketones (excluding diaryl/α,β-unsaturated/α-hetero) is 1. The predicted octanol–water partition coefficient (Wildman–Crippen LogP) is 1.31. The number of carbonyl (C=O) groups is 1. The van der Waals surface area contributed by atoms with Crippen molar-refractivity contribution in [2.24, 2.45) is 0 Å². The van der Waals surface area contributed by atoms with Crippen molar-refractivity contribution in [1.29, 1.82) is 0 Å². The van der Waals surface area contributed by atoms with Crippen molar-refractivity contribution in [3.05, 3.63) is 45.5 Å².